The number of halogens is 1. The highest BCUT2D eigenvalue weighted by Gasteiger charge is 2.33. The zero-order chi connectivity index (χ0) is 19.1. The van der Waals surface area contributed by atoms with Crippen molar-refractivity contribution in [3.8, 4) is 11.5 Å². The Hall–Kier alpha value is -2.32. The smallest absolute Gasteiger partial charge is 0.157 e. The topological polar surface area (TPSA) is 63.9 Å². The molecule has 0 aliphatic carbocycles. The molecule has 4 heterocycles. The highest BCUT2D eigenvalue weighted by atomic mass is 79.9. The standard InChI is InChI=1S/C20H22BrN5O2/c1-27-13-2-3-18(16(21)10-13)28-14-11-25(12-14)20-15-4-7-22-8-5-17(15)24-19-6-9-23-26(19)20/h2-3,6,9-10,14,22H,4-5,7-8,11-12H2,1H3. The van der Waals surface area contributed by atoms with Gasteiger partial charge in [0.1, 0.15) is 23.4 Å². The van der Waals surface area contributed by atoms with Crippen LogP contribution in [0.5, 0.6) is 11.5 Å². The number of anilines is 1. The molecule has 8 heteroatoms. The second kappa shape index (κ2) is 7.25. The second-order valence-corrected chi connectivity index (χ2v) is 8.01. The summed E-state index contributed by atoms with van der Waals surface area (Å²) in [5.41, 5.74) is 3.42. The van der Waals surface area contributed by atoms with Crippen molar-refractivity contribution in [2.45, 2.75) is 18.9 Å². The van der Waals surface area contributed by atoms with E-state index >= 15 is 0 Å². The largest absolute Gasteiger partial charge is 0.497 e. The number of hydrogen-bond donors (Lipinski definition) is 1. The minimum atomic E-state index is 0.142. The summed E-state index contributed by atoms with van der Waals surface area (Å²) in [5.74, 6) is 2.82. The van der Waals surface area contributed by atoms with Crippen molar-refractivity contribution in [2.24, 2.45) is 0 Å². The average Bonchev–Trinajstić information content (AvgIpc) is 3.01. The third-order valence-corrected chi connectivity index (χ3v) is 5.98. The van der Waals surface area contributed by atoms with E-state index in [1.165, 1.54) is 17.1 Å². The van der Waals surface area contributed by atoms with Crippen molar-refractivity contribution < 1.29 is 9.47 Å². The van der Waals surface area contributed by atoms with Gasteiger partial charge in [0.25, 0.3) is 0 Å². The number of hydrogen-bond acceptors (Lipinski definition) is 6. The molecule has 1 N–H and O–H groups in total. The summed E-state index contributed by atoms with van der Waals surface area (Å²) in [6.45, 7) is 3.61. The normalized spacial score (nSPS) is 17.1. The first-order valence-corrected chi connectivity index (χ1v) is 10.3. The van der Waals surface area contributed by atoms with Gasteiger partial charge < -0.3 is 19.7 Å². The van der Waals surface area contributed by atoms with Gasteiger partial charge in [0, 0.05) is 24.6 Å². The van der Waals surface area contributed by atoms with E-state index in [1.54, 1.807) is 7.11 Å². The predicted molar refractivity (Wildman–Crippen MR) is 111 cm³/mol. The lowest BCUT2D eigenvalue weighted by atomic mass is 10.1. The molecular weight excluding hydrogens is 422 g/mol. The molecule has 2 aromatic heterocycles. The number of nitrogens with zero attached hydrogens (tertiary/aromatic N) is 4. The molecule has 3 aromatic rings. The van der Waals surface area contributed by atoms with Gasteiger partial charge in [-0.3, -0.25) is 0 Å². The molecule has 0 unspecified atom stereocenters. The minimum Gasteiger partial charge on any atom is -0.497 e. The molecule has 1 aromatic carbocycles. The van der Waals surface area contributed by atoms with E-state index in [9.17, 15) is 0 Å². The Bertz CT molecular complexity index is 1020. The van der Waals surface area contributed by atoms with Crippen LogP contribution in [0.15, 0.2) is 34.9 Å². The lowest BCUT2D eigenvalue weighted by Crippen LogP contribution is -2.55. The number of benzene rings is 1. The molecule has 0 radical (unpaired) electrons. The summed E-state index contributed by atoms with van der Waals surface area (Å²) in [4.78, 5) is 7.19. The van der Waals surface area contributed by atoms with E-state index in [0.29, 0.717) is 0 Å². The van der Waals surface area contributed by atoms with Crippen LogP contribution < -0.4 is 19.7 Å². The van der Waals surface area contributed by atoms with E-state index in [0.717, 1.165) is 60.6 Å². The van der Waals surface area contributed by atoms with Gasteiger partial charge >= 0.3 is 0 Å². The molecule has 0 amide bonds. The number of aromatic nitrogens is 3. The fourth-order valence-corrected chi connectivity index (χ4v) is 4.36. The molecule has 0 spiro atoms. The summed E-state index contributed by atoms with van der Waals surface area (Å²) in [6, 6.07) is 7.76. The maximum Gasteiger partial charge on any atom is 0.157 e. The lowest BCUT2D eigenvalue weighted by molar-refractivity contribution is 0.165. The van der Waals surface area contributed by atoms with Crippen molar-refractivity contribution in [3.05, 3.63) is 46.2 Å². The predicted octanol–water partition coefficient (Wildman–Crippen LogP) is 2.46. The minimum absolute atomic E-state index is 0.142. The first-order valence-electron chi connectivity index (χ1n) is 9.54. The van der Waals surface area contributed by atoms with Crippen molar-refractivity contribution in [1.29, 1.82) is 0 Å². The Morgan fingerprint density at radius 1 is 1.18 bits per heavy atom. The molecule has 0 atom stereocenters. The first-order chi connectivity index (χ1) is 13.7. The number of methoxy groups -OCH3 is 1. The molecule has 0 bridgehead atoms. The second-order valence-electron chi connectivity index (χ2n) is 7.15. The summed E-state index contributed by atoms with van der Waals surface area (Å²) in [7, 11) is 1.66. The Morgan fingerprint density at radius 2 is 2.04 bits per heavy atom. The summed E-state index contributed by atoms with van der Waals surface area (Å²) in [6.07, 6.45) is 3.89. The highest BCUT2D eigenvalue weighted by Crippen LogP contribution is 2.34. The van der Waals surface area contributed by atoms with Crippen LogP contribution in [-0.4, -0.2) is 54.0 Å². The number of fused-ring (bicyclic) bond motifs is 2. The number of rotatable bonds is 4. The monoisotopic (exact) mass is 443 g/mol. The van der Waals surface area contributed by atoms with Crippen molar-refractivity contribution >= 4 is 27.4 Å². The Labute approximate surface area is 171 Å². The average molecular weight is 444 g/mol. The summed E-state index contributed by atoms with van der Waals surface area (Å²) >= 11 is 3.57. The Balaban J connectivity index is 1.38. The maximum absolute atomic E-state index is 6.19. The van der Waals surface area contributed by atoms with Gasteiger partial charge in [0.05, 0.1) is 36.6 Å². The SMILES string of the molecule is COc1ccc(OC2CN(c3c4c(nc5ccnn35)CCNCC4)C2)c(Br)c1. The van der Waals surface area contributed by atoms with Crippen LogP contribution in [0.25, 0.3) is 5.65 Å². The fourth-order valence-electron chi connectivity index (χ4n) is 3.91. The molecule has 2 aliphatic heterocycles. The van der Waals surface area contributed by atoms with Gasteiger partial charge in [-0.2, -0.15) is 9.61 Å². The van der Waals surface area contributed by atoms with Crippen LogP contribution in [-0.2, 0) is 12.8 Å². The van der Waals surface area contributed by atoms with Crippen LogP contribution in [0.4, 0.5) is 5.82 Å². The van der Waals surface area contributed by atoms with E-state index in [2.05, 4.69) is 31.2 Å². The zero-order valence-corrected chi connectivity index (χ0v) is 17.3. The lowest BCUT2D eigenvalue weighted by Gasteiger charge is -2.41. The molecule has 28 heavy (non-hydrogen) atoms. The quantitative estimate of drug-likeness (QED) is 0.667. The van der Waals surface area contributed by atoms with Crippen LogP contribution in [0.1, 0.15) is 11.3 Å². The number of ether oxygens (including phenoxy) is 2. The van der Waals surface area contributed by atoms with Crippen molar-refractivity contribution in [2.75, 3.05) is 38.2 Å². The maximum atomic E-state index is 6.19. The van der Waals surface area contributed by atoms with Gasteiger partial charge in [-0.15, -0.1) is 0 Å². The van der Waals surface area contributed by atoms with Crippen LogP contribution in [0.3, 0.4) is 0 Å². The van der Waals surface area contributed by atoms with E-state index in [1.807, 2.05) is 35.0 Å². The summed E-state index contributed by atoms with van der Waals surface area (Å²) < 4.78 is 14.3. The highest BCUT2D eigenvalue weighted by molar-refractivity contribution is 9.10. The zero-order valence-electron chi connectivity index (χ0n) is 15.7. The third kappa shape index (κ3) is 3.10. The third-order valence-electron chi connectivity index (χ3n) is 5.36. The molecule has 2 aliphatic rings. The van der Waals surface area contributed by atoms with E-state index < -0.39 is 0 Å². The van der Waals surface area contributed by atoms with Crippen molar-refractivity contribution in [3.63, 3.8) is 0 Å². The molecule has 5 rings (SSSR count). The molecule has 7 nitrogen and oxygen atoms in total. The molecule has 1 fully saturated rings. The number of nitrogens with one attached hydrogen (secondary N) is 1. The fraction of sp³-hybridized carbons (Fsp3) is 0.400. The first kappa shape index (κ1) is 17.8. The molecule has 0 saturated carbocycles. The van der Waals surface area contributed by atoms with Gasteiger partial charge in [0.15, 0.2) is 5.65 Å². The van der Waals surface area contributed by atoms with E-state index in [4.69, 9.17) is 14.5 Å². The molecule has 146 valence electrons. The van der Waals surface area contributed by atoms with Crippen LogP contribution >= 0.6 is 15.9 Å². The summed E-state index contributed by atoms with van der Waals surface area (Å²) in [5, 5.41) is 8.00. The van der Waals surface area contributed by atoms with Crippen LogP contribution in [0, 0.1) is 0 Å². The Kier molecular flexibility index (Phi) is 4.60. The van der Waals surface area contributed by atoms with E-state index in [-0.39, 0.29) is 6.10 Å². The van der Waals surface area contributed by atoms with Gasteiger partial charge in [-0.05, 0) is 47.1 Å². The van der Waals surface area contributed by atoms with Gasteiger partial charge in [-0.25, -0.2) is 4.98 Å². The molecule has 1 saturated heterocycles. The molecular formula is C20H22BrN5O2. The van der Waals surface area contributed by atoms with Gasteiger partial charge in [-0.1, -0.05) is 0 Å². The Morgan fingerprint density at radius 3 is 2.86 bits per heavy atom. The van der Waals surface area contributed by atoms with Crippen molar-refractivity contribution in [1.82, 2.24) is 19.9 Å². The van der Waals surface area contributed by atoms with Crippen LogP contribution in [0.2, 0.25) is 0 Å². The van der Waals surface area contributed by atoms with Gasteiger partial charge in [0.2, 0.25) is 0 Å².